The minimum atomic E-state index is 0.444. The number of benzene rings is 2. The average molecular weight is 425 g/mol. The molecule has 0 saturated heterocycles. The van der Waals surface area contributed by atoms with Crippen molar-refractivity contribution in [3.05, 3.63) is 62.0 Å². The third kappa shape index (κ3) is 3.88. The molecule has 0 spiro atoms. The molecule has 2 aromatic rings. The normalized spacial score (nSPS) is 10.5. The van der Waals surface area contributed by atoms with E-state index >= 15 is 0 Å². The molecule has 2 rings (SSSR count). The predicted molar refractivity (Wildman–Crippen MR) is 87.6 cm³/mol. The van der Waals surface area contributed by atoms with Gasteiger partial charge < -0.3 is 4.74 Å². The Labute approximate surface area is 139 Å². The first-order valence-corrected chi connectivity index (χ1v) is 8.19. The lowest BCUT2D eigenvalue weighted by Crippen LogP contribution is -1.98. The molecular weight excluding hydrogens is 415 g/mol. The van der Waals surface area contributed by atoms with Crippen molar-refractivity contribution in [1.29, 1.82) is 0 Å². The van der Waals surface area contributed by atoms with E-state index in [4.69, 9.17) is 27.9 Å². The smallest absolute Gasteiger partial charge is 0.138 e. The van der Waals surface area contributed by atoms with Crippen molar-refractivity contribution in [3.63, 3.8) is 0 Å². The van der Waals surface area contributed by atoms with Gasteiger partial charge in [0.25, 0.3) is 0 Å². The van der Waals surface area contributed by atoms with Gasteiger partial charge in [-0.05, 0) is 39.7 Å². The van der Waals surface area contributed by atoms with Crippen LogP contribution in [0.1, 0.15) is 11.1 Å². The number of ether oxygens (including phenoxy) is 1. The van der Waals surface area contributed by atoms with Crippen LogP contribution in [-0.2, 0) is 11.9 Å². The van der Waals surface area contributed by atoms with E-state index in [0.717, 1.165) is 26.7 Å². The van der Waals surface area contributed by atoms with Crippen LogP contribution in [0.15, 0.2) is 40.9 Å². The van der Waals surface area contributed by atoms with E-state index in [9.17, 15) is 0 Å². The molecule has 19 heavy (non-hydrogen) atoms. The molecule has 0 atom stereocenters. The van der Waals surface area contributed by atoms with E-state index in [1.165, 1.54) is 0 Å². The van der Waals surface area contributed by atoms with E-state index in [1.54, 1.807) is 6.07 Å². The summed E-state index contributed by atoms with van der Waals surface area (Å²) < 4.78 is 6.80. The van der Waals surface area contributed by atoms with Crippen molar-refractivity contribution < 1.29 is 4.74 Å². The van der Waals surface area contributed by atoms with Gasteiger partial charge in [0.2, 0.25) is 0 Å². The fourth-order valence-electron chi connectivity index (χ4n) is 1.61. The lowest BCUT2D eigenvalue weighted by atomic mass is 10.2. The Morgan fingerprint density at radius 1 is 1.05 bits per heavy atom. The summed E-state index contributed by atoms with van der Waals surface area (Å²) in [5, 5.41) is 1.83. The van der Waals surface area contributed by atoms with Crippen molar-refractivity contribution in [2.24, 2.45) is 0 Å². The molecule has 0 fully saturated rings. The maximum Gasteiger partial charge on any atom is 0.138 e. The summed E-state index contributed by atoms with van der Waals surface area (Å²) in [6.07, 6.45) is 0. The first-order valence-electron chi connectivity index (χ1n) is 5.52. The lowest BCUT2D eigenvalue weighted by Gasteiger charge is -2.12. The second kappa shape index (κ2) is 6.98. The Balaban J connectivity index is 2.16. The van der Waals surface area contributed by atoms with Gasteiger partial charge in [0.15, 0.2) is 0 Å². The van der Waals surface area contributed by atoms with Gasteiger partial charge in [-0.15, -0.1) is 0 Å². The molecule has 1 nitrogen and oxygen atoms in total. The first kappa shape index (κ1) is 15.2. The van der Waals surface area contributed by atoms with Crippen LogP contribution in [0.2, 0.25) is 10.0 Å². The number of hydrogen-bond donors (Lipinski definition) is 0. The summed E-state index contributed by atoms with van der Waals surface area (Å²) in [6.45, 7) is 0.444. The summed E-state index contributed by atoms with van der Waals surface area (Å²) in [5.41, 5.74) is 2.07. The highest BCUT2D eigenvalue weighted by Gasteiger charge is 2.08. The zero-order valence-corrected chi connectivity index (χ0v) is 14.5. The van der Waals surface area contributed by atoms with Gasteiger partial charge in [0, 0.05) is 10.9 Å². The van der Waals surface area contributed by atoms with Crippen LogP contribution < -0.4 is 4.74 Å². The second-order valence-electron chi connectivity index (χ2n) is 3.90. The molecule has 0 N–H and O–H groups in total. The molecule has 0 aliphatic carbocycles. The summed E-state index contributed by atoms with van der Waals surface area (Å²) in [5.74, 6) is 0.838. The van der Waals surface area contributed by atoms with Gasteiger partial charge in [-0.2, -0.15) is 0 Å². The Kier molecular flexibility index (Phi) is 5.58. The second-order valence-corrected chi connectivity index (χ2v) is 6.13. The largest absolute Gasteiger partial charge is 0.487 e. The lowest BCUT2D eigenvalue weighted by molar-refractivity contribution is 0.302. The number of para-hydroxylation sites is 1. The van der Waals surface area contributed by atoms with E-state index in [-0.39, 0.29) is 0 Å². The predicted octanol–water partition coefficient (Wildman–Crippen LogP) is 6.23. The Morgan fingerprint density at radius 3 is 2.53 bits per heavy atom. The van der Waals surface area contributed by atoms with Crippen LogP contribution in [0.3, 0.4) is 0 Å². The van der Waals surface area contributed by atoms with E-state index in [0.29, 0.717) is 16.7 Å². The molecule has 0 aromatic heterocycles. The van der Waals surface area contributed by atoms with Crippen molar-refractivity contribution in [3.8, 4) is 5.75 Å². The summed E-state index contributed by atoms with van der Waals surface area (Å²) >= 11 is 18.8. The molecule has 0 unspecified atom stereocenters. The quantitative estimate of drug-likeness (QED) is 0.528. The summed E-state index contributed by atoms with van der Waals surface area (Å²) in [7, 11) is 0. The van der Waals surface area contributed by atoms with Crippen LogP contribution in [0.25, 0.3) is 0 Å². The third-order valence-electron chi connectivity index (χ3n) is 2.56. The van der Waals surface area contributed by atoms with Crippen LogP contribution in [0.5, 0.6) is 5.75 Å². The number of rotatable bonds is 4. The van der Waals surface area contributed by atoms with Crippen molar-refractivity contribution in [2.45, 2.75) is 11.9 Å². The van der Waals surface area contributed by atoms with E-state index in [1.807, 2.05) is 30.3 Å². The SMILES string of the molecule is Clc1ccc(COc2c(Br)cccc2CBr)cc1Cl. The van der Waals surface area contributed by atoms with Gasteiger partial charge in [0.1, 0.15) is 12.4 Å². The fraction of sp³-hybridized carbons (Fsp3) is 0.143. The van der Waals surface area contributed by atoms with E-state index < -0.39 is 0 Å². The molecule has 0 bridgehead atoms. The van der Waals surface area contributed by atoms with Crippen LogP contribution in [0.4, 0.5) is 0 Å². The first-order chi connectivity index (χ1) is 9.11. The Hall–Kier alpha value is -0.220. The van der Waals surface area contributed by atoms with Crippen LogP contribution in [0, 0.1) is 0 Å². The van der Waals surface area contributed by atoms with Gasteiger partial charge in [-0.1, -0.05) is 57.3 Å². The molecule has 0 radical (unpaired) electrons. The Morgan fingerprint density at radius 2 is 1.84 bits per heavy atom. The fourth-order valence-corrected chi connectivity index (χ4v) is 2.89. The maximum atomic E-state index is 5.98. The third-order valence-corrected chi connectivity index (χ3v) is 4.53. The summed E-state index contributed by atoms with van der Waals surface area (Å²) in [6, 6.07) is 11.4. The monoisotopic (exact) mass is 422 g/mol. The molecule has 0 saturated carbocycles. The molecule has 0 heterocycles. The van der Waals surface area contributed by atoms with Crippen molar-refractivity contribution >= 4 is 55.1 Å². The minimum Gasteiger partial charge on any atom is -0.487 e. The molecule has 2 aromatic carbocycles. The zero-order chi connectivity index (χ0) is 13.8. The van der Waals surface area contributed by atoms with Gasteiger partial charge >= 0.3 is 0 Å². The molecule has 5 heteroatoms. The van der Waals surface area contributed by atoms with E-state index in [2.05, 4.69) is 31.9 Å². The minimum absolute atomic E-state index is 0.444. The van der Waals surface area contributed by atoms with Crippen molar-refractivity contribution in [1.82, 2.24) is 0 Å². The number of alkyl halides is 1. The zero-order valence-electron chi connectivity index (χ0n) is 9.80. The standard InChI is InChI=1S/C14H10Br2Cl2O/c15-7-10-2-1-3-11(16)14(10)19-8-9-4-5-12(17)13(18)6-9/h1-6H,7-8H2. The average Bonchev–Trinajstić information content (AvgIpc) is 2.41. The molecular formula is C14H10Br2Cl2O. The molecule has 100 valence electrons. The van der Waals surface area contributed by atoms with Gasteiger partial charge in [-0.25, -0.2) is 0 Å². The number of hydrogen-bond acceptors (Lipinski definition) is 1. The highest BCUT2D eigenvalue weighted by atomic mass is 79.9. The van der Waals surface area contributed by atoms with Crippen LogP contribution >= 0.6 is 55.1 Å². The molecule has 0 aliphatic heterocycles. The molecule has 0 aliphatic rings. The van der Waals surface area contributed by atoms with Gasteiger partial charge in [0.05, 0.1) is 14.5 Å². The highest BCUT2D eigenvalue weighted by Crippen LogP contribution is 2.31. The topological polar surface area (TPSA) is 9.23 Å². The molecule has 0 amide bonds. The summed E-state index contributed by atoms with van der Waals surface area (Å²) in [4.78, 5) is 0. The van der Waals surface area contributed by atoms with Gasteiger partial charge in [-0.3, -0.25) is 0 Å². The van der Waals surface area contributed by atoms with Crippen molar-refractivity contribution in [2.75, 3.05) is 0 Å². The highest BCUT2D eigenvalue weighted by molar-refractivity contribution is 9.10. The Bertz CT molecular complexity index is 588. The van der Waals surface area contributed by atoms with Crippen LogP contribution in [-0.4, -0.2) is 0 Å². The number of halogens is 4. The maximum absolute atomic E-state index is 5.98.